The van der Waals surface area contributed by atoms with Crippen LogP contribution < -0.4 is 13.7 Å². The molecule has 0 aliphatic carbocycles. The highest BCUT2D eigenvalue weighted by Crippen LogP contribution is 2.41. The maximum absolute atomic E-state index is 8.61. The lowest BCUT2D eigenvalue weighted by atomic mass is 9.93. The second-order valence-corrected chi connectivity index (χ2v) is 21.8. The summed E-state index contributed by atoms with van der Waals surface area (Å²) < 4.78 is 123. The first-order chi connectivity index (χ1) is 43.2. The van der Waals surface area contributed by atoms with Gasteiger partial charge in [-0.25, -0.2) is 28.7 Å². The Hall–Kier alpha value is -8.04. The van der Waals surface area contributed by atoms with Crippen molar-refractivity contribution < 1.29 is 43.4 Å². The molecule has 0 bridgehead atoms. The van der Waals surface area contributed by atoms with E-state index in [0.29, 0.717) is 45.6 Å². The predicted octanol–water partition coefficient (Wildman–Crippen LogP) is 17.3. The van der Waals surface area contributed by atoms with Crippen molar-refractivity contribution in [2.45, 2.75) is 141 Å². The van der Waals surface area contributed by atoms with Gasteiger partial charge >= 0.3 is 0 Å². The molecule has 9 nitrogen and oxygen atoms in total. The highest BCUT2D eigenvalue weighted by Gasteiger charge is 2.27. The highest BCUT2D eigenvalue weighted by molar-refractivity contribution is 6.11. The van der Waals surface area contributed by atoms with E-state index in [-0.39, 0.29) is 22.3 Å². The topological polar surface area (TPSA) is 89.7 Å². The molecular weight excluding hydrogens is 997 g/mol. The van der Waals surface area contributed by atoms with Crippen LogP contribution in [0, 0.1) is 41.5 Å². The average Bonchev–Trinajstić information content (AvgIpc) is 1.71. The van der Waals surface area contributed by atoms with Gasteiger partial charge in [0.25, 0.3) is 0 Å². The van der Waals surface area contributed by atoms with Crippen LogP contribution in [-0.2, 0) is 40.3 Å². The molecule has 0 aliphatic heterocycles. The average molecular weight is 1090 g/mol. The molecule has 0 fully saturated rings. The third-order valence-electron chi connectivity index (χ3n) is 15.6. The van der Waals surface area contributed by atoms with Crippen molar-refractivity contribution in [1.82, 2.24) is 15.0 Å². The van der Waals surface area contributed by atoms with E-state index >= 15 is 0 Å². The summed E-state index contributed by atoms with van der Waals surface area (Å²) >= 11 is 0. The Balaban J connectivity index is 0.000000153. The van der Waals surface area contributed by atoms with Gasteiger partial charge in [0.05, 0.1) is 16.7 Å². The van der Waals surface area contributed by atoms with Gasteiger partial charge in [-0.1, -0.05) is 98.6 Å². The Labute approximate surface area is 495 Å². The van der Waals surface area contributed by atoms with Crippen LogP contribution in [0.5, 0.6) is 0 Å². The molecule has 3 aromatic carbocycles. The summed E-state index contributed by atoms with van der Waals surface area (Å²) in [5.74, 6) is -3.48. The smallest absolute Gasteiger partial charge is 0.227 e. The van der Waals surface area contributed by atoms with Gasteiger partial charge in [-0.15, -0.1) is 0 Å². The van der Waals surface area contributed by atoms with Crippen LogP contribution in [0.25, 0.3) is 100.0 Å². The molecule has 0 saturated heterocycles. The molecule has 0 amide bonds. The molecule has 12 aromatic rings. The predicted molar refractivity (Wildman–Crippen MR) is 333 cm³/mol. The molecule has 9 heteroatoms. The van der Waals surface area contributed by atoms with Crippen LogP contribution in [0.2, 0.25) is 0 Å². The molecule has 12 rings (SSSR count). The van der Waals surface area contributed by atoms with Crippen molar-refractivity contribution in [2.24, 2.45) is 21.1 Å². The normalized spacial score (nSPS) is 16.1. The quantitative estimate of drug-likeness (QED) is 0.134. The molecule has 2 atom stereocenters. The Bertz CT molecular complexity index is 4730. The first-order valence-electron chi connectivity index (χ1n) is 33.7. The number of pyridine rings is 6. The summed E-state index contributed by atoms with van der Waals surface area (Å²) in [6, 6.07) is 29.9. The van der Waals surface area contributed by atoms with Gasteiger partial charge in [-0.05, 0) is 148 Å². The van der Waals surface area contributed by atoms with Crippen LogP contribution >= 0.6 is 0 Å². The highest BCUT2D eigenvalue weighted by atomic mass is 16.3. The Kier molecular flexibility index (Phi) is 11.9. The lowest BCUT2D eigenvalue weighted by Crippen LogP contribution is -2.32. The summed E-state index contributed by atoms with van der Waals surface area (Å²) in [5.41, 5.74) is 18.4. The Morgan fingerprint density at radius 3 is 1.10 bits per heavy atom. The molecule has 0 saturated carbocycles. The van der Waals surface area contributed by atoms with E-state index < -0.39 is 38.2 Å². The van der Waals surface area contributed by atoms with E-state index in [2.05, 4.69) is 84.7 Å². The third-order valence-corrected chi connectivity index (χ3v) is 15.6. The molecule has 0 aliphatic rings. The fourth-order valence-electron chi connectivity index (χ4n) is 11.3. The molecule has 0 radical (unpaired) electrons. The SMILES string of the molecule is CCc1c[n+](C)c(-c2c(C)ccc3c2oc2nc(C)ccc23)cc1C(C)C.[2H]C([2H])(C)c1cc(-c2c(C)ccc3c2oc2nc(C)ccc23)[n+](C)cc1C([2H])(C)C([2H])([2H])[2H].[2H]C([2H])(C)c1cc(-c2c(C)ccc3c2oc2nc(C)ccc23)[n+](C)cc1C([2H])(C)C([2H])([2H])[2H]. The second-order valence-electron chi connectivity index (χ2n) is 21.8. The lowest BCUT2D eigenvalue weighted by Gasteiger charge is -2.13. The van der Waals surface area contributed by atoms with Crippen LogP contribution in [-0.4, -0.2) is 15.0 Å². The zero-order chi connectivity index (χ0) is 68.3. The zero-order valence-corrected chi connectivity index (χ0v) is 49.6. The van der Waals surface area contributed by atoms with E-state index in [1.165, 1.54) is 50.1 Å². The Morgan fingerprint density at radius 1 is 0.444 bits per heavy atom. The summed E-state index contributed by atoms with van der Waals surface area (Å²) in [6.07, 6.45) is 2.72. The number of nitrogens with zero attached hydrogens (tertiary/aromatic N) is 6. The number of aromatic nitrogens is 6. The van der Waals surface area contributed by atoms with Gasteiger partial charge in [0.2, 0.25) is 34.2 Å². The molecule has 0 spiro atoms. The van der Waals surface area contributed by atoms with Crippen LogP contribution in [0.1, 0.15) is 163 Å². The lowest BCUT2D eigenvalue weighted by molar-refractivity contribution is -0.661. The van der Waals surface area contributed by atoms with Crippen molar-refractivity contribution in [3.63, 3.8) is 0 Å². The van der Waals surface area contributed by atoms with Gasteiger partial charge in [0.15, 0.2) is 35.3 Å². The van der Waals surface area contributed by atoms with Crippen molar-refractivity contribution in [3.8, 4) is 33.8 Å². The number of furan rings is 3. The number of hydrogen-bond donors (Lipinski definition) is 0. The molecule has 0 N–H and O–H groups in total. The number of rotatable bonds is 9. The van der Waals surface area contributed by atoms with Crippen molar-refractivity contribution >= 4 is 66.2 Å². The second kappa shape index (κ2) is 22.5. The van der Waals surface area contributed by atoms with Gasteiger partial charge in [-0.3, -0.25) is 0 Å². The zero-order valence-electron chi connectivity index (χ0n) is 61.6. The largest absolute Gasteiger partial charge is 0.437 e. The van der Waals surface area contributed by atoms with Crippen molar-refractivity contribution in [1.29, 1.82) is 0 Å². The van der Waals surface area contributed by atoms with E-state index in [0.717, 1.165) is 89.2 Å². The monoisotopic (exact) mass is 1090 g/mol. The molecule has 9 heterocycles. The summed E-state index contributed by atoms with van der Waals surface area (Å²) in [5, 5.41) is 5.79. The minimum Gasteiger partial charge on any atom is -0.437 e. The fraction of sp³-hybridized carbons (Fsp3) is 0.333. The molecule has 81 heavy (non-hydrogen) atoms. The van der Waals surface area contributed by atoms with Crippen LogP contribution in [0.15, 0.2) is 123 Å². The standard InChI is InChI=1S/3C24H27N2O/c1-7-17-13-26(6)21(12-20(17)14(2)3)22-15(4)8-10-18-19-11-9-16(5)25-24(19)27-23(18)22;2*1-7-17-12-21(26(6)13-20(17)14(2)3)22-15(4)8-10-18-19-11-9-16(5)25-24(19)27-23(18)22/h3*8-14H,7H2,1-6H3/q3*+1/i;2*2D3,7D2,14D. The van der Waals surface area contributed by atoms with Gasteiger partial charge in [0, 0.05) is 101 Å². The van der Waals surface area contributed by atoms with Gasteiger partial charge < -0.3 is 13.3 Å². The first kappa shape index (κ1) is 42.8. The van der Waals surface area contributed by atoms with Crippen LogP contribution in [0.4, 0.5) is 0 Å². The fourth-order valence-corrected chi connectivity index (χ4v) is 11.3. The van der Waals surface area contributed by atoms with E-state index in [4.69, 9.17) is 29.7 Å². The minimum absolute atomic E-state index is 0.132. The summed E-state index contributed by atoms with van der Waals surface area (Å²) in [4.78, 5) is 13.6. The number of fused-ring (bicyclic) bond motifs is 9. The number of benzene rings is 3. The van der Waals surface area contributed by atoms with E-state index in [1.54, 1.807) is 47.8 Å². The van der Waals surface area contributed by atoms with Gasteiger partial charge in [0.1, 0.15) is 21.1 Å². The number of aryl methyl sites for hydroxylation is 12. The number of hydrogen-bond acceptors (Lipinski definition) is 6. The van der Waals surface area contributed by atoms with Crippen molar-refractivity contribution in [2.75, 3.05) is 0 Å². The van der Waals surface area contributed by atoms with Crippen LogP contribution in [0.3, 0.4) is 0 Å². The Morgan fingerprint density at radius 2 is 0.778 bits per heavy atom. The third kappa shape index (κ3) is 10.4. The summed E-state index contributed by atoms with van der Waals surface area (Å²) in [6.45, 7) is 18.7. The molecule has 2 unspecified atom stereocenters. The minimum atomic E-state index is -2.63. The first-order valence-corrected chi connectivity index (χ1v) is 27.7. The molecule has 9 aromatic heterocycles. The maximum atomic E-state index is 8.61. The van der Waals surface area contributed by atoms with E-state index in [1.807, 2.05) is 89.2 Å². The van der Waals surface area contributed by atoms with Gasteiger partial charge in [-0.2, -0.15) is 0 Å². The molecular formula is C72H81N6O3+3. The van der Waals surface area contributed by atoms with Crippen molar-refractivity contribution in [3.05, 3.63) is 177 Å². The maximum Gasteiger partial charge on any atom is 0.227 e. The summed E-state index contributed by atoms with van der Waals surface area (Å²) in [7, 11) is 5.67. The molecule has 414 valence electrons. The van der Waals surface area contributed by atoms with E-state index in [9.17, 15) is 0 Å².